The SMILES string of the molecule is C=C(C)C(=O)OC(=O)[C@H](CS)NC(=O)OCC1c2ccccc2-c2ccccc21. The summed E-state index contributed by atoms with van der Waals surface area (Å²) in [6.07, 6.45) is -0.786. The van der Waals surface area contributed by atoms with Crippen molar-refractivity contribution >= 4 is 30.7 Å². The van der Waals surface area contributed by atoms with Gasteiger partial charge in [-0.15, -0.1) is 0 Å². The lowest BCUT2D eigenvalue weighted by molar-refractivity contribution is -0.158. The lowest BCUT2D eigenvalue weighted by atomic mass is 9.98. The van der Waals surface area contributed by atoms with Crippen LogP contribution in [0, 0.1) is 0 Å². The molecule has 0 saturated carbocycles. The van der Waals surface area contributed by atoms with E-state index in [1.54, 1.807) is 0 Å². The van der Waals surface area contributed by atoms with Crippen LogP contribution in [0.4, 0.5) is 4.79 Å². The number of thiol groups is 1. The minimum atomic E-state index is -1.11. The molecule has 0 aromatic heterocycles. The molecule has 7 heteroatoms. The molecule has 1 N–H and O–H groups in total. The van der Waals surface area contributed by atoms with Crippen molar-refractivity contribution in [2.45, 2.75) is 18.9 Å². The molecule has 0 saturated heterocycles. The number of amides is 1. The van der Waals surface area contributed by atoms with Crippen LogP contribution in [-0.2, 0) is 19.1 Å². The second-order valence-corrected chi connectivity index (χ2v) is 7.06. The normalized spacial score (nSPS) is 13.0. The molecule has 150 valence electrons. The predicted molar refractivity (Wildman–Crippen MR) is 112 cm³/mol. The van der Waals surface area contributed by atoms with E-state index in [1.807, 2.05) is 48.5 Å². The standard InChI is InChI=1S/C22H21NO5S/c1-13(2)20(24)28-21(25)19(12-29)23-22(26)27-11-18-16-9-5-3-7-14(16)15-8-4-6-10-17(15)18/h3-10,18-19,29H,1,11-12H2,2H3,(H,23,26)/t19-/m0/s1. The summed E-state index contributed by atoms with van der Waals surface area (Å²) < 4.78 is 10.0. The van der Waals surface area contributed by atoms with Gasteiger partial charge in [0, 0.05) is 17.2 Å². The van der Waals surface area contributed by atoms with Crippen LogP contribution in [0.1, 0.15) is 24.0 Å². The minimum Gasteiger partial charge on any atom is -0.449 e. The van der Waals surface area contributed by atoms with Crippen molar-refractivity contribution in [1.29, 1.82) is 0 Å². The van der Waals surface area contributed by atoms with Crippen LogP contribution < -0.4 is 5.32 Å². The number of nitrogens with one attached hydrogen (secondary N) is 1. The van der Waals surface area contributed by atoms with Gasteiger partial charge in [0.1, 0.15) is 12.6 Å². The molecular weight excluding hydrogens is 390 g/mol. The second-order valence-electron chi connectivity index (χ2n) is 6.69. The highest BCUT2D eigenvalue weighted by atomic mass is 32.1. The Labute approximate surface area is 174 Å². The third-order valence-corrected chi connectivity index (χ3v) is 5.01. The maximum absolute atomic E-state index is 12.2. The predicted octanol–water partition coefficient (Wildman–Crippen LogP) is 3.47. The molecule has 0 unspecified atom stereocenters. The maximum atomic E-state index is 12.2. The average Bonchev–Trinajstić information content (AvgIpc) is 3.04. The highest BCUT2D eigenvalue weighted by Crippen LogP contribution is 2.44. The fourth-order valence-corrected chi connectivity index (χ4v) is 3.45. The number of hydrogen-bond acceptors (Lipinski definition) is 6. The number of alkyl carbamates (subject to hydrolysis) is 1. The zero-order chi connectivity index (χ0) is 21.0. The van der Waals surface area contributed by atoms with Crippen LogP contribution in [0.2, 0.25) is 0 Å². The molecule has 6 nitrogen and oxygen atoms in total. The molecule has 2 aromatic rings. The molecule has 1 atom stereocenters. The Morgan fingerprint density at radius 3 is 2.14 bits per heavy atom. The topological polar surface area (TPSA) is 81.7 Å². The number of fused-ring (bicyclic) bond motifs is 3. The summed E-state index contributed by atoms with van der Waals surface area (Å²) in [5, 5.41) is 2.39. The van der Waals surface area contributed by atoms with Gasteiger partial charge >= 0.3 is 18.0 Å². The van der Waals surface area contributed by atoms with Crippen LogP contribution in [0.5, 0.6) is 0 Å². The van der Waals surface area contributed by atoms with Gasteiger partial charge < -0.3 is 14.8 Å². The van der Waals surface area contributed by atoms with Crippen LogP contribution in [0.15, 0.2) is 60.7 Å². The van der Waals surface area contributed by atoms with Gasteiger partial charge in [0.2, 0.25) is 0 Å². The molecule has 2 aromatic carbocycles. The average molecular weight is 411 g/mol. The summed E-state index contributed by atoms with van der Waals surface area (Å²) in [6, 6.07) is 14.8. The van der Waals surface area contributed by atoms with Gasteiger partial charge in [0.05, 0.1) is 0 Å². The van der Waals surface area contributed by atoms with Gasteiger partial charge in [-0.05, 0) is 29.2 Å². The minimum absolute atomic E-state index is 0.0491. The monoisotopic (exact) mass is 411 g/mol. The van der Waals surface area contributed by atoms with Crippen molar-refractivity contribution < 1.29 is 23.9 Å². The molecule has 1 aliphatic carbocycles. The number of esters is 2. The largest absolute Gasteiger partial charge is 0.449 e. The van der Waals surface area contributed by atoms with E-state index in [0.717, 1.165) is 22.3 Å². The van der Waals surface area contributed by atoms with Crippen molar-refractivity contribution in [2.24, 2.45) is 0 Å². The van der Waals surface area contributed by atoms with Crippen LogP contribution in [0.25, 0.3) is 11.1 Å². The van der Waals surface area contributed by atoms with Crippen LogP contribution >= 0.6 is 12.6 Å². The van der Waals surface area contributed by atoms with E-state index in [-0.39, 0.29) is 23.9 Å². The molecule has 0 heterocycles. The van der Waals surface area contributed by atoms with E-state index in [2.05, 4.69) is 29.3 Å². The Bertz CT molecular complexity index is 926. The summed E-state index contributed by atoms with van der Waals surface area (Å²) in [5.41, 5.74) is 4.48. The summed E-state index contributed by atoms with van der Waals surface area (Å²) >= 11 is 4.03. The number of carbonyl (C=O) groups is 3. The third kappa shape index (κ3) is 4.51. The van der Waals surface area contributed by atoms with Crippen molar-refractivity contribution in [3.05, 3.63) is 71.8 Å². The van der Waals surface area contributed by atoms with E-state index in [0.29, 0.717) is 0 Å². The molecule has 29 heavy (non-hydrogen) atoms. The molecule has 0 radical (unpaired) electrons. The highest BCUT2D eigenvalue weighted by Gasteiger charge is 2.30. The first-order chi connectivity index (χ1) is 13.9. The molecule has 0 aliphatic heterocycles. The van der Waals surface area contributed by atoms with Gasteiger partial charge in [0.25, 0.3) is 0 Å². The molecule has 0 fully saturated rings. The van der Waals surface area contributed by atoms with Gasteiger partial charge in [0.15, 0.2) is 0 Å². The summed E-state index contributed by atoms with van der Waals surface area (Å²) in [4.78, 5) is 35.7. The van der Waals surface area contributed by atoms with Crippen molar-refractivity contribution in [2.75, 3.05) is 12.4 Å². The summed E-state index contributed by atoms with van der Waals surface area (Å²) in [5.74, 6) is -1.91. The molecule has 3 rings (SSSR count). The zero-order valence-electron chi connectivity index (χ0n) is 15.9. The number of benzene rings is 2. The fourth-order valence-electron chi connectivity index (χ4n) is 3.21. The van der Waals surface area contributed by atoms with Gasteiger partial charge in [-0.3, -0.25) is 0 Å². The Kier molecular flexibility index (Phi) is 6.39. The zero-order valence-corrected chi connectivity index (χ0v) is 16.8. The number of ether oxygens (including phenoxy) is 2. The van der Waals surface area contributed by atoms with Gasteiger partial charge in [-0.2, -0.15) is 12.6 Å². The molecule has 0 bridgehead atoms. The van der Waals surface area contributed by atoms with E-state index < -0.39 is 24.1 Å². The second kappa shape index (κ2) is 8.96. The van der Waals surface area contributed by atoms with Crippen LogP contribution in [-0.4, -0.2) is 36.4 Å². The Morgan fingerprint density at radius 2 is 1.62 bits per heavy atom. The summed E-state index contributed by atoms with van der Waals surface area (Å²) in [7, 11) is 0. The first kappa shape index (κ1) is 20.7. The lowest BCUT2D eigenvalue weighted by Gasteiger charge is -2.17. The quantitative estimate of drug-likeness (QED) is 0.329. The van der Waals surface area contributed by atoms with Crippen LogP contribution in [0.3, 0.4) is 0 Å². The molecule has 1 aliphatic rings. The molecule has 0 spiro atoms. The smallest absolute Gasteiger partial charge is 0.407 e. The van der Waals surface area contributed by atoms with E-state index in [1.165, 1.54) is 6.92 Å². The number of carbonyl (C=O) groups excluding carboxylic acids is 3. The first-order valence-corrected chi connectivity index (χ1v) is 9.69. The van der Waals surface area contributed by atoms with Crippen molar-refractivity contribution in [3.8, 4) is 11.1 Å². The van der Waals surface area contributed by atoms with Crippen molar-refractivity contribution in [1.82, 2.24) is 5.32 Å². The summed E-state index contributed by atoms with van der Waals surface area (Å²) in [6.45, 7) is 4.94. The molecule has 1 amide bonds. The molecular formula is C22H21NO5S. The van der Waals surface area contributed by atoms with Gasteiger partial charge in [-0.25, -0.2) is 14.4 Å². The fraction of sp³-hybridized carbons (Fsp3) is 0.227. The maximum Gasteiger partial charge on any atom is 0.407 e. The van der Waals surface area contributed by atoms with Gasteiger partial charge in [-0.1, -0.05) is 55.1 Å². The third-order valence-electron chi connectivity index (χ3n) is 4.64. The Balaban J connectivity index is 1.64. The highest BCUT2D eigenvalue weighted by molar-refractivity contribution is 7.80. The number of hydrogen-bond donors (Lipinski definition) is 2. The van der Waals surface area contributed by atoms with E-state index in [9.17, 15) is 14.4 Å². The Morgan fingerprint density at radius 1 is 1.07 bits per heavy atom. The van der Waals surface area contributed by atoms with E-state index >= 15 is 0 Å². The van der Waals surface area contributed by atoms with E-state index in [4.69, 9.17) is 4.74 Å². The first-order valence-electron chi connectivity index (χ1n) is 9.06. The number of rotatable bonds is 6. The van der Waals surface area contributed by atoms with Crippen molar-refractivity contribution in [3.63, 3.8) is 0 Å². The Hall–Kier alpha value is -3.06. The lowest BCUT2D eigenvalue weighted by Crippen LogP contribution is -2.44.